The number of benzene rings is 2. The Kier molecular flexibility index (Phi) is 11.1. The second-order valence-corrected chi connectivity index (χ2v) is 5.32. The van der Waals surface area contributed by atoms with Gasteiger partial charge in [-0.15, -0.1) is 0 Å². The maximum absolute atomic E-state index is 11.3. The van der Waals surface area contributed by atoms with E-state index in [1.54, 1.807) is 0 Å². The second-order valence-electron chi connectivity index (χ2n) is 3.93. The van der Waals surface area contributed by atoms with Crippen molar-refractivity contribution in [3.63, 3.8) is 0 Å². The molecule has 0 aliphatic heterocycles. The van der Waals surface area contributed by atoms with Crippen LogP contribution in [0.25, 0.3) is 10.8 Å². The van der Waals surface area contributed by atoms with Gasteiger partial charge in [-0.05, 0) is 17.5 Å². The van der Waals surface area contributed by atoms with E-state index in [0.717, 1.165) is 12.1 Å². The topological polar surface area (TPSA) is 129 Å². The molecule has 0 saturated carbocycles. The molecule has 0 saturated heterocycles. The maximum Gasteiger partial charge on any atom is 1.00 e. The fraction of sp³-hybridized carbons (Fsp3) is 0. The molecule has 0 unspecified atom stereocenters. The number of aromatic carboxylic acids is 2. The van der Waals surface area contributed by atoms with Crippen molar-refractivity contribution in [2.24, 2.45) is 0 Å². The summed E-state index contributed by atoms with van der Waals surface area (Å²) in [6, 6.07) is 6.17. The predicted octanol–water partition coefficient (Wildman–Crippen LogP) is -7.17. The van der Waals surface area contributed by atoms with Crippen molar-refractivity contribution in [2.75, 3.05) is 0 Å². The smallest absolute Gasteiger partial charge is 1.00 e. The summed E-state index contributed by atoms with van der Waals surface area (Å²) < 4.78 is 31.5. The van der Waals surface area contributed by atoms with Crippen LogP contribution in [0, 0.1) is 0 Å². The van der Waals surface area contributed by atoms with Crippen LogP contribution in [0.2, 0.25) is 0 Å². The molecule has 110 valence electrons. The van der Waals surface area contributed by atoms with Gasteiger partial charge in [-0.1, -0.05) is 18.2 Å². The van der Waals surface area contributed by atoms with Gasteiger partial charge in [0.1, 0.15) is 4.90 Å². The first-order valence-electron chi connectivity index (χ1n) is 5.23. The standard InChI is InChI=1S/C12H8O7S.3Na.3H/c13-11(14)7-3-1-2-6-4-5-8(20(17,18)19)10(9(6)7)12(15)16;;;;;;/h1-5H,(H,13,14)(H,15,16)(H,17,18,19);;;;;;/q;3*+1;3*-1. The van der Waals surface area contributed by atoms with Gasteiger partial charge in [0.15, 0.2) is 0 Å². The summed E-state index contributed by atoms with van der Waals surface area (Å²) in [7, 11) is -4.79. The molecule has 2 rings (SSSR count). The largest absolute Gasteiger partial charge is 1.00 e. The van der Waals surface area contributed by atoms with Gasteiger partial charge >= 0.3 is 101 Å². The first kappa shape index (κ1) is 25.8. The summed E-state index contributed by atoms with van der Waals surface area (Å²) in [5.74, 6) is -3.04. The van der Waals surface area contributed by atoms with Crippen LogP contribution in [0.1, 0.15) is 25.0 Å². The molecule has 2 aromatic rings. The average Bonchev–Trinajstić information content (AvgIpc) is 2.34. The van der Waals surface area contributed by atoms with Crippen LogP contribution >= 0.6 is 0 Å². The summed E-state index contributed by atoms with van der Waals surface area (Å²) >= 11 is 0. The van der Waals surface area contributed by atoms with Crippen molar-refractivity contribution in [3.05, 3.63) is 41.5 Å². The third-order valence-corrected chi connectivity index (χ3v) is 3.63. The monoisotopic (exact) mass is 368 g/mol. The summed E-state index contributed by atoms with van der Waals surface area (Å²) in [5, 5.41) is 18.2. The molecule has 0 heterocycles. The molecule has 0 spiro atoms. The second kappa shape index (κ2) is 9.88. The van der Waals surface area contributed by atoms with E-state index >= 15 is 0 Å². The number of carboxylic acids is 2. The summed E-state index contributed by atoms with van der Waals surface area (Å²) in [6.45, 7) is 0. The molecule has 0 aromatic heterocycles. The third-order valence-electron chi connectivity index (χ3n) is 2.73. The Labute approximate surface area is 202 Å². The first-order valence-corrected chi connectivity index (χ1v) is 6.67. The fourth-order valence-electron chi connectivity index (χ4n) is 1.97. The molecule has 0 aliphatic rings. The van der Waals surface area contributed by atoms with Crippen molar-refractivity contribution < 1.29 is 126 Å². The molecule has 2 aromatic carbocycles. The van der Waals surface area contributed by atoms with E-state index in [1.165, 1.54) is 18.2 Å². The van der Waals surface area contributed by atoms with Gasteiger partial charge in [-0.2, -0.15) is 8.42 Å². The van der Waals surface area contributed by atoms with Gasteiger partial charge < -0.3 is 14.5 Å². The molecule has 3 N–H and O–H groups in total. The zero-order valence-corrected chi connectivity index (χ0v) is 19.6. The average molecular weight is 368 g/mol. The van der Waals surface area contributed by atoms with Crippen LogP contribution in [0.4, 0.5) is 0 Å². The summed E-state index contributed by atoms with van der Waals surface area (Å²) in [5.41, 5.74) is -1.12. The minimum atomic E-state index is -4.79. The van der Waals surface area contributed by atoms with Crippen LogP contribution in [0.15, 0.2) is 35.2 Å². The molecular formula is C12H11Na3O7S. The van der Waals surface area contributed by atoms with Gasteiger partial charge in [0.25, 0.3) is 10.1 Å². The first-order chi connectivity index (χ1) is 9.23. The van der Waals surface area contributed by atoms with Crippen LogP contribution < -0.4 is 88.7 Å². The molecule has 0 fully saturated rings. The SMILES string of the molecule is O=C(O)c1cccc2ccc(S(=O)(=O)O)c(C(=O)O)c12.[H-].[H-].[H-].[Na+].[Na+].[Na+]. The van der Waals surface area contributed by atoms with Crippen molar-refractivity contribution in [1.29, 1.82) is 0 Å². The molecule has 0 atom stereocenters. The van der Waals surface area contributed by atoms with E-state index in [1.807, 2.05) is 0 Å². The molecule has 0 aliphatic carbocycles. The van der Waals surface area contributed by atoms with E-state index in [4.69, 9.17) is 14.8 Å². The minimum absolute atomic E-state index is 0. The Hall–Kier alpha value is 0.550. The normalized spacial score (nSPS) is 9.96. The maximum atomic E-state index is 11.3. The molecule has 0 radical (unpaired) electrons. The van der Waals surface area contributed by atoms with E-state index in [9.17, 15) is 18.0 Å². The molecule has 23 heavy (non-hydrogen) atoms. The number of carboxylic acid groups (broad SMARTS) is 2. The van der Waals surface area contributed by atoms with Crippen LogP contribution in [0.3, 0.4) is 0 Å². The van der Waals surface area contributed by atoms with Crippen molar-refractivity contribution in [1.82, 2.24) is 0 Å². The molecular weight excluding hydrogens is 357 g/mol. The van der Waals surface area contributed by atoms with Gasteiger partial charge in [0.05, 0.1) is 11.1 Å². The molecule has 11 heteroatoms. The number of carbonyl (C=O) groups is 2. The van der Waals surface area contributed by atoms with Gasteiger partial charge in [0, 0.05) is 5.39 Å². The zero-order chi connectivity index (χ0) is 15.1. The number of rotatable bonds is 3. The quantitative estimate of drug-likeness (QED) is 0.363. The van der Waals surface area contributed by atoms with Crippen molar-refractivity contribution in [2.45, 2.75) is 4.90 Å². The van der Waals surface area contributed by atoms with Gasteiger partial charge in [-0.3, -0.25) is 4.55 Å². The summed E-state index contributed by atoms with van der Waals surface area (Å²) in [6.07, 6.45) is 0. The van der Waals surface area contributed by atoms with Crippen molar-refractivity contribution >= 4 is 32.8 Å². The Morgan fingerprint density at radius 1 is 0.913 bits per heavy atom. The third kappa shape index (κ3) is 5.52. The Balaban J connectivity index is -0.000000245. The van der Waals surface area contributed by atoms with Crippen molar-refractivity contribution in [3.8, 4) is 0 Å². The Bertz CT molecular complexity index is 863. The number of fused-ring (bicyclic) bond motifs is 1. The van der Waals surface area contributed by atoms with E-state index in [-0.39, 0.29) is 109 Å². The Morgan fingerprint density at radius 3 is 1.91 bits per heavy atom. The van der Waals surface area contributed by atoms with Gasteiger partial charge in [-0.25, -0.2) is 9.59 Å². The predicted molar refractivity (Wildman–Crippen MR) is 71.0 cm³/mol. The van der Waals surface area contributed by atoms with Crippen LogP contribution in [-0.4, -0.2) is 35.1 Å². The van der Waals surface area contributed by atoms with Crippen LogP contribution in [0.5, 0.6) is 0 Å². The summed E-state index contributed by atoms with van der Waals surface area (Å²) in [4.78, 5) is 21.6. The van der Waals surface area contributed by atoms with Gasteiger partial charge in [0.2, 0.25) is 0 Å². The van der Waals surface area contributed by atoms with E-state index in [2.05, 4.69) is 0 Å². The molecule has 7 nitrogen and oxygen atoms in total. The van der Waals surface area contributed by atoms with E-state index in [0.29, 0.717) is 0 Å². The number of hydrogen-bond donors (Lipinski definition) is 3. The molecule has 0 bridgehead atoms. The number of hydrogen-bond acceptors (Lipinski definition) is 4. The molecule has 0 amide bonds. The zero-order valence-electron chi connectivity index (χ0n) is 15.8. The Morgan fingerprint density at radius 2 is 1.48 bits per heavy atom. The fourth-order valence-corrected chi connectivity index (χ4v) is 2.65. The van der Waals surface area contributed by atoms with E-state index < -0.39 is 32.5 Å². The minimum Gasteiger partial charge on any atom is -1.00 e. The van der Waals surface area contributed by atoms with Crippen LogP contribution in [-0.2, 0) is 10.1 Å².